The fourth-order valence-corrected chi connectivity index (χ4v) is 6.47. The summed E-state index contributed by atoms with van der Waals surface area (Å²) in [6.45, 7) is 8.97. The van der Waals surface area contributed by atoms with Gasteiger partial charge in [0.25, 0.3) is 10.0 Å². The number of benzene rings is 4. The highest BCUT2D eigenvalue weighted by atomic mass is 32.2. The van der Waals surface area contributed by atoms with E-state index in [2.05, 4.69) is 5.32 Å². The lowest BCUT2D eigenvalue weighted by molar-refractivity contribution is -0.140. The normalized spacial score (nSPS) is 12.2. The number of hydrogen-bond donors (Lipinski definition) is 1. The maximum absolute atomic E-state index is 14.6. The van der Waals surface area contributed by atoms with Crippen molar-refractivity contribution in [3.63, 3.8) is 0 Å². The first-order valence-electron chi connectivity index (χ1n) is 15.2. The summed E-state index contributed by atoms with van der Waals surface area (Å²) in [5, 5.41) is 3.05. The Hall–Kier alpha value is -4.63. The Kier molecular flexibility index (Phi) is 10.9. The summed E-state index contributed by atoms with van der Waals surface area (Å²) in [5.41, 5.74) is 3.23. The number of anilines is 1. The zero-order valence-corrected chi connectivity index (χ0v) is 28.2. The number of carbonyl (C=O) groups excluding carboxylic acids is 2. The molecule has 0 aliphatic heterocycles. The van der Waals surface area contributed by atoms with Gasteiger partial charge in [0, 0.05) is 18.5 Å². The molecule has 1 atom stereocenters. The molecule has 4 aromatic carbocycles. The highest BCUT2D eigenvalue weighted by molar-refractivity contribution is 7.92. The third-order valence-electron chi connectivity index (χ3n) is 7.47. The minimum absolute atomic E-state index is 0.0530. The number of hydrogen-bond acceptors (Lipinski definition) is 5. The number of carbonyl (C=O) groups is 2. The van der Waals surface area contributed by atoms with Crippen LogP contribution in [0.2, 0.25) is 0 Å². The van der Waals surface area contributed by atoms with Crippen LogP contribution >= 0.6 is 0 Å². The van der Waals surface area contributed by atoms with Crippen LogP contribution in [-0.4, -0.2) is 50.4 Å². The first-order chi connectivity index (χ1) is 21.8. The van der Waals surface area contributed by atoms with Gasteiger partial charge in [0.15, 0.2) is 0 Å². The molecule has 9 heteroatoms. The molecule has 1 N–H and O–H groups in total. The van der Waals surface area contributed by atoms with E-state index in [1.165, 1.54) is 4.90 Å². The Bertz CT molecular complexity index is 1730. The van der Waals surface area contributed by atoms with Gasteiger partial charge in [0.2, 0.25) is 11.8 Å². The third kappa shape index (κ3) is 8.97. The van der Waals surface area contributed by atoms with Crippen LogP contribution in [0, 0.1) is 13.8 Å². The smallest absolute Gasteiger partial charge is 0.264 e. The Morgan fingerprint density at radius 1 is 0.804 bits per heavy atom. The molecular formula is C37H43N3O5S. The molecule has 242 valence electrons. The number of methoxy groups -OCH3 is 1. The standard InChI is InChI=1S/C37H43N3O5S/c1-27-15-19-31(20-16-27)40(46(43,44)33-21-17-28(2)18-22-33)26-35(41)39(25-30-13-10-14-32(23-30)45-6)34(36(42)38-37(3,4)5)24-29-11-8-7-9-12-29/h7-23,34H,24-26H2,1-6H3,(H,38,42)/t34-/m1/s1. The Morgan fingerprint density at radius 3 is 1.98 bits per heavy atom. The summed E-state index contributed by atoms with van der Waals surface area (Å²) in [4.78, 5) is 30.1. The molecule has 8 nitrogen and oxygen atoms in total. The fraction of sp³-hybridized carbons (Fsp3) is 0.297. The van der Waals surface area contributed by atoms with Gasteiger partial charge in [-0.3, -0.25) is 13.9 Å². The highest BCUT2D eigenvalue weighted by Gasteiger charge is 2.35. The maximum atomic E-state index is 14.6. The van der Waals surface area contributed by atoms with Crippen LogP contribution in [0.15, 0.2) is 108 Å². The summed E-state index contributed by atoms with van der Waals surface area (Å²) in [6.07, 6.45) is 0.230. The quantitative estimate of drug-likeness (QED) is 0.203. The molecule has 0 saturated heterocycles. The molecule has 0 radical (unpaired) electrons. The van der Waals surface area contributed by atoms with E-state index >= 15 is 0 Å². The van der Waals surface area contributed by atoms with Crippen molar-refractivity contribution >= 4 is 27.5 Å². The molecule has 0 fully saturated rings. The maximum Gasteiger partial charge on any atom is 0.264 e. The summed E-state index contributed by atoms with van der Waals surface area (Å²) in [7, 11) is -2.60. The van der Waals surface area contributed by atoms with E-state index in [-0.39, 0.29) is 23.8 Å². The van der Waals surface area contributed by atoms with Crippen LogP contribution in [0.1, 0.15) is 43.0 Å². The minimum atomic E-state index is -4.16. The molecule has 0 bridgehead atoms. The number of amides is 2. The summed E-state index contributed by atoms with van der Waals surface area (Å²) < 4.78 is 34.9. The molecule has 0 aliphatic rings. The summed E-state index contributed by atoms with van der Waals surface area (Å²) >= 11 is 0. The first-order valence-corrected chi connectivity index (χ1v) is 16.7. The number of nitrogens with one attached hydrogen (secondary N) is 1. The van der Waals surface area contributed by atoms with E-state index in [4.69, 9.17) is 4.74 Å². The van der Waals surface area contributed by atoms with Crippen LogP contribution in [0.4, 0.5) is 5.69 Å². The predicted octanol–water partition coefficient (Wildman–Crippen LogP) is 6.06. The van der Waals surface area contributed by atoms with Gasteiger partial charge in [0.1, 0.15) is 18.3 Å². The number of nitrogens with zero attached hydrogens (tertiary/aromatic N) is 2. The number of aryl methyl sites for hydroxylation is 2. The first kappa shape index (κ1) is 34.2. The monoisotopic (exact) mass is 641 g/mol. The Morgan fingerprint density at radius 2 is 1.39 bits per heavy atom. The van der Waals surface area contributed by atoms with Gasteiger partial charge in [0.05, 0.1) is 17.7 Å². The van der Waals surface area contributed by atoms with Crippen molar-refractivity contribution in [2.75, 3.05) is 18.0 Å². The largest absolute Gasteiger partial charge is 0.497 e. The minimum Gasteiger partial charge on any atom is -0.497 e. The van der Waals surface area contributed by atoms with Crippen molar-refractivity contribution in [2.24, 2.45) is 0 Å². The van der Waals surface area contributed by atoms with Gasteiger partial charge in [-0.2, -0.15) is 0 Å². The van der Waals surface area contributed by atoms with E-state index < -0.39 is 34.1 Å². The predicted molar refractivity (Wildman–Crippen MR) is 182 cm³/mol. The van der Waals surface area contributed by atoms with Gasteiger partial charge in [-0.1, -0.05) is 77.9 Å². The molecule has 4 aromatic rings. The molecule has 4 rings (SSSR count). The molecule has 0 spiro atoms. The van der Waals surface area contributed by atoms with E-state index in [0.29, 0.717) is 11.4 Å². The van der Waals surface area contributed by atoms with Gasteiger partial charge in [-0.25, -0.2) is 8.42 Å². The molecule has 2 amide bonds. The van der Waals surface area contributed by atoms with Crippen LogP contribution in [0.3, 0.4) is 0 Å². The van der Waals surface area contributed by atoms with Crippen LogP contribution in [0.25, 0.3) is 0 Å². The highest BCUT2D eigenvalue weighted by Crippen LogP contribution is 2.26. The Balaban J connectivity index is 1.82. The van der Waals surface area contributed by atoms with Crippen molar-refractivity contribution in [2.45, 2.75) is 64.1 Å². The third-order valence-corrected chi connectivity index (χ3v) is 9.25. The average molecular weight is 642 g/mol. The van der Waals surface area contributed by atoms with Crippen LogP contribution < -0.4 is 14.4 Å². The second-order valence-electron chi connectivity index (χ2n) is 12.5. The van der Waals surface area contributed by atoms with Crippen LogP contribution in [-0.2, 0) is 32.6 Å². The van der Waals surface area contributed by atoms with Crippen LogP contribution in [0.5, 0.6) is 5.75 Å². The number of ether oxygens (including phenoxy) is 1. The van der Waals surface area contributed by atoms with Crippen molar-refractivity contribution in [1.29, 1.82) is 0 Å². The van der Waals surface area contributed by atoms with Crippen molar-refractivity contribution in [1.82, 2.24) is 10.2 Å². The van der Waals surface area contributed by atoms with Gasteiger partial charge in [-0.15, -0.1) is 0 Å². The fourth-order valence-electron chi connectivity index (χ4n) is 5.05. The van der Waals surface area contributed by atoms with Gasteiger partial charge >= 0.3 is 0 Å². The molecule has 46 heavy (non-hydrogen) atoms. The van der Waals surface area contributed by atoms with E-state index in [9.17, 15) is 18.0 Å². The second-order valence-corrected chi connectivity index (χ2v) is 14.3. The zero-order valence-electron chi connectivity index (χ0n) is 27.4. The van der Waals surface area contributed by atoms with Crippen molar-refractivity contribution < 1.29 is 22.7 Å². The average Bonchev–Trinajstić information content (AvgIpc) is 3.02. The van der Waals surface area contributed by atoms with E-state index in [1.807, 2.05) is 83.1 Å². The zero-order chi connectivity index (χ0) is 33.5. The Labute approximate surface area is 273 Å². The van der Waals surface area contributed by atoms with Crippen molar-refractivity contribution in [3.8, 4) is 5.75 Å². The number of sulfonamides is 1. The van der Waals surface area contributed by atoms with E-state index in [1.54, 1.807) is 61.7 Å². The topological polar surface area (TPSA) is 96.0 Å². The lowest BCUT2D eigenvalue weighted by Crippen LogP contribution is -2.56. The summed E-state index contributed by atoms with van der Waals surface area (Å²) in [6, 6.07) is 29.3. The van der Waals surface area contributed by atoms with Gasteiger partial charge < -0.3 is 15.0 Å². The lowest BCUT2D eigenvalue weighted by atomic mass is 10.0. The molecule has 0 heterocycles. The van der Waals surface area contributed by atoms with Crippen molar-refractivity contribution in [3.05, 3.63) is 125 Å². The van der Waals surface area contributed by atoms with Gasteiger partial charge in [-0.05, 0) is 82.1 Å². The summed E-state index contributed by atoms with van der Waals surface area (Å²) in [5.74, 6) is -0.258. The molecule has 0 unspecified atom stereocenters. The molecular weight excluding hydrogens is 598 g/mol. The molecule has 0 aliphatic carbocycles. The molecule has 0 aromatic heterocycles. The van der Waals surface area contributed by atoms with E-state index in [0.717, 1.165) is 26.6 Å². The SMILES string of the molecule is COc1cccc(CN(C(=O)CN(c2ccc(C)cc2)S(=O)(=O)c2ccc(C)cc2)[C@H](Cc2ccccc2)C(=O)NC(C)(C)C)c1. The molecule has 0 saturated carbocycles. The number of rotatable bonds is 12. The second kappa shape index (κ2) is 14.6. The lowest BCUT2D eigenvalue weighted by Gasteiger charge is -2.35.